The van der Waals surface area contributed by atoms with Crippen LogP contribution in [0.15, 0.2) is 18.2 Å². The Morgan fingerprint density at radius 2 is 2.18 bits per heavy atom. The Balaban J connectivity index is 2.92. The minimum atomic E-state index is -1.01. The Morgan fingerprint density at radius 3 is 2.59 bits per heavy atom. The zero-order valence-electron chi connectivity index (χ0n) is 9.84. The molecule has 0 heterocycles. The Hall–Kier alpha value is -1.86. The van der Waals surface area contributed by atoms with Crippen LogP contribution in [0.3, 0.4) is 0 Å². The van der Waals surface area contributed by atoms with Crippen molar-refractivity contribution in [2.24, 2.45) is 5.92 Å². The average Bonchev–Trinajstić information content (AvgIpc) is 2.25. The van der Waals surface area contributed by atoms with Gasteiger partial charge in [-0.15, -0.1) is 0 Å². The van der Waals surface area contributed by atoms with Crippen molar-refractivity contribution in [3.05, 3.63) is 40.7 Å². The highest BCUT2D eigenvalue weighted by Crippen LogP contribution is 2.22. The van der Waals surface area contributed by atoms with Crippen molar-refractivity contribution in [3.8, 4) is 0 Å². The van der Waals surface area contributed by atoms with Crippen molar-refractivity contribution < 1.29 is 15.0 Å². The van der Waals surface area contributed by atoms with E-state index in [9.17, 15) is 9.90 Å². The van der Waals surface area contributed by atoms with Gasteiger partial charge < -0.3 is 10.2 Å². The molecule has 0 fully saturated rings. The van der Waals surface area contributed by atoms with E-state index in [1.807, 2.05) is 6.92 Å². The number of rotatable bonds is 4. The summed E-state index contributed by atoms with van der Waals surface area (Å²) in [5, 5.41) is 18.4. The summed E-state index contributed by atoms with van der Waals surface area (Å²) >= 11 is 0. The van der Waals surface area contributed by atoms with E-state index in [1.54, 1.807) is 18.2 Å². The van der Waals surface area contributed by atoms with Crippen molar-refractivity contribution in [1.82, 2.24) is 0 Å². The van der Waals surface area contributed by atoms with Crippen LogP contribution in [0.1, 0.15) is 18.1 Å². The van der Waals surface area contributed by atoms with Crippen LogP contribution < -0.4 is 0 Å². The van der Waals surface area contributed by atoms with Gasteiger partial charge in [-0.3, -0.25) is 4.79 Å². The van der Waals surface area contributed by atoms with Crippen LogP contribution in [0.5, 0.6) is 0 Å². The van der Waals surface area contributed by atoms with E-state index in [0.717, 1.165) is 11.1 Å². The summed E-state index contributed by atoms with van der Waals surface area (Å²) in [6.45, 7) is 10.2. The van der Waals surface area contributed by atoms with E-state index in [4.69, 9.17) is 11.7 Å². The highest BCUT2D eigenvalue weighted by atomic mass is 16.4. The number of carbonyl (C=O) groups is 1. The van der Waals surface area contributed by atoms with Crippen LogP contribution in [0.4, 0.5) is 5.69 Å². The van der Waals surface area contributed by atoms with Gasteiger partial charge in [-0.2, -0.15) is 0 Å². The van der Waals surface area contributed by atoms with E-state index in [-0.39, 0.29) is 6.42 Å². The summed E-state index contributed by atoms with van der Waals surface area (Å²) in [7, 11) is 0. The number of hydrogen-bond donors (Lipinski definition) is 2. The number of carboxylic acids is 1. The van der Waals surface area contributed by atoms with Crippen LogP contribution in [0.2, 0.25) is 0 Å². The molecular formula is C13H15NO3. The maximum Gasteiger partial charge on any atom is 0.309 e. The fourth-order valence-corrected chi connectivity index (χ4v) is 1.69. The largest absolute Gasteiger partial charge is 0.481 e. The lowest BCUT2D eigenvalue weighted by molar-refractivity contribution is -0.145. The molecule has 0 aromatic heterocycles. The summed E-state index contributed by atoms with van der Waals surface area (Å²) in [5.74, 6) is -1.82. The van der Waals surface area contributed by atoms with Crippen LogP contribution in [0.25, 0.3) is 4.85 Å². The van der Waals surface area contributed by atoms with Gasteiger partial charge >= 0.3 is 5.97 Å². The van der Waals surface area contributed by atoms with Gasteiger partial charge in [-0.1, -0.05) is 18.2 Å². The first-order chi connectivity index (χ1) is 7.95. The van der Waals surface area contributed by atoms with Gasteiger partial charge in [0, 0.05) is 0 Å². The zero-order valence-corrected chi connectivity index (χ0v) is 9.84. The Labute approximate surface area is 100 Å². The number of carboxylic acid groups (broad SMARTS) is 1. The third-order valence-electron chi connectivity index (χ3n) is 2.74. The first kappa shape index (κ1) is 13.2. The molecule has 0 aliphatic carbocycles. The first-order valence-corrected chi connectivity index (χ1v) is 5.33. The molecule has 1 aromatic carbocycles. The fraction of sp³-hybridized carbons (Fsp3) is 0.385. The van der Waals surface area contributed by atoms with Crippen LogP contribution in [-0.2, 0) is 11.2 Å². The van der Waals surface area contributed by atoms with E-state index >= 15 is 0 Å². The van der Waals surface area contributed by atoms with Crippen LogP contribution in [0, 0.1) is 19.4 Å². The molecule has 1 unspecified atom stereocenters. The molecule has 1 aromatic rings. The molecule has 90 valence electrons. The van der Waals surface area contributed by atoms with E-state index < -0.39 is 18.0 Å². The summed E-state index contributed by atoms with van der Waals surface area (Å²) in [4.78, 5) is 14.3. The molecule has 1 rings (SSSR count). The summed E-state index contributed by atoms with van der Waals surface area (Å²) in [6, 6.07) is 5.21. The molecule has 2 N–H and O–H groups in total. The van der Waals surface area contributed by atoms with Crippen LogP contribution >= 0.6 is 0 Å². The quantitative estimate of drug-likeness (QED) is 0.783. The zero-order chi connectivity index (χ0) is 13.0. The van der Waals surface area contributed by atoms with Gasteiger partial charge in [0.2, 0.25) is 0 Å². The van der Waals surface area contributed by atoms with Gasteiger partial charge in [0.15, 0.2) is 5.69 Å². The lowest BCUT2D eigenvalue weighted by atomic mass is 9.94. The first-order valence-electron chi connectivity index (χ1n) is 5.33. The third-order valence-corrected chi connectivity index (χ3v) is 2.74. The molecule has 2 atom stereocenters. The number of benzene rings is 1. The lowest BCUT2D eigenvalue weighted by Gasteiger charge is -2.15. The predicted octanol–water partition coefficient (Wildman–Crippen LogP) is 2.17. The number of aliphatic carboxylic acids is 1. The van der Waals surface area contributed by atoms with Crippen molar-refractivity contribution in [1.29, 1.82) is 0 Å². The molecule has 0 bridgehead atoms. The number of nitrogens with zero attached hydrogens (tertiary/aromatic N) is 1. The second-order valence-electron chi connectivity index (χ2n) is 4.12. The third kappa shape index (κ3) is 3.30. The lowest BCUT2D eigenvalue weighted by Crippen LogP contribution is -2.27. The number of hydrogen-bond acceptors (Lipinski definition) is 2. The average molecular weight is 233 g/mol. The van der Waals surface area contributed by atoms with Crippen LogP contribution in [-0.4, -0.2) is 22.3 Å². The summed E-state index contributed by atoms with van der Waals surface area (Å²) in [5.41, 5.74) is 2.22. The second-order valence-corrected chi connectivity index (χ2v) is 4.12. The van der Waals surface area contributed by atoms with Gasteiger partial charge in [-0.05, 0) is 31.4 Å². The Kier molecular flexibility index (Phi) is 4.24. The monoisotopic (exact) mass is 233 g/mol. The SMILES string of the molecule is [C-]#[N+]c1ccc(C[C@@H](C(=O)O)C(C)O)cc1C. The Morgan fingerprint density at radius 1 is 1.53 bits per heavy atom. The van der Waals surface area contributed by atoms with Gasteiger partial charge in [0.25, 0.3) is 0 Å². The molecule has 0 aliphatic rings. The van der Waals surface area contributed by atoms with Crippen molar-refractivity contribution in [2.75, 3.05) is 0 Å². The molecule has 0 saturated carbocycles. The van der Waals surface area contributed by atoms with Crippen molar-refractivity contribution >= 4 is 11.7 Å². The second kappa shape index (κ2) is 5.46. The molecular weight excluding hydrogens is 218 g/mol. The molecule has 4 heteroatoms. The minimum Gasteiger partial charge on any atom is -0.481 e. The highest BCUT2D eigenvalue weighted by molar-refractivity contribution is 5.71. The predicted molar refractivity (Wildman–Crippen MR) is 64.0 cm³/mol. The molecule has 0 aliphatic heterocycles. The molecule has 0 saturated heterocycles. The van der Waals surface area contributed by atoms with Gasteiger partial charge in [-0.25, -0.2) is 4.85 Å². The minimum absolute atomic E-state index is 0.270. The smallest absolute Gasteiger partial charge is 0.309 e. The maximum atomic E-state index is 10.9. The topological polar surface area (TPSA) is 61.9 Å². The highest BCUT2D eigenvalue weighted by Gasteiger charge is 2.23. The standard InChI is InChI=1S/C13H15NO3/c1-8-6-10(4-5-12(8)14-3)7-11(9(2)15)13(16)17/h4-6,9,11,15H,7H2,1-2H3,(H,16,17)/t9?,11-/m1/s1. The summed E-state index contributed by atoms with van der Waals surface area (Å²) < 4.78 is 0. The van der Waals surface area contributed by atoms with Gasteiger partial charge in [0.1, 0.15) is 0 Å². The molecule has 0 spiro atoms. The van der Waals surface area contributed by atoms with Crippen molar-refractivity contribution in [3.63, 3.8) is 0 Å². The van der Waals surface area contributed by atoms with Gasteiger partial charge in [0.05, 0.1) is 18.6 Å². The normalized spacial score (nSPS) is 13.8. The summed E-state index contributed by atoms with van der Waals surface area (Å²) in [6.07, 6.45) is -0.625. The van der Waals surface area contributed by atoms with E-state index in [0.29, 0.717) is 5.69 Å². The van der Waals surface area contributed by atoms with E-state index in [1.165, 1.54) is 6.92 Å². The molecule has 0 amide bonds. The van der Waals surface area contributed by atoms with E-state index in [2.05, 4.69) is 4.85 Å². The number of aliphatic hydroxyl groups is 1. The number of aliphatic hydroxyl groups excluding tert-OH is 1. The fourth-order valence-electron chi connectivity index (χ4n) is 1.69. The molecule has 4 nitrogen and oxygen atoms in total. The number of aryl methyl sites for hydroxylation is 1. The van der Waals surface area contributed by atoms with Crippen molar-refractivity contribution in [2.45, 2.75) is 26.4 Å². The molecule has 17 heavy (non-hydrogen) atoms. The Bertz CT molecular complexity index is 460. The maximum absolute atomic E-state index is 10.9. The molecule has 0 radical (unpaired) electrons.